The van der Waals surface area contributed by atoms with Crippen molar-refractivity contribution >= 4 is 46.3 Å². The SMILES string of the molecule is Cc1sc2c(c1C)C(c1ccc(Cl)cc1)=N[C@@H](CC(=O)Nc1ccc(OCCOCCOCCOCCOCCOCCNCCCN(C)CCCNC(=O)O)cc1)c1nnc(C)n1-2. The Kier molecular flexibility index (Phi) is 21.9. The van der Waals surface area contributed by atoms with Crippen molar-refractivity contribution in [3.05, 3.63) is 86.8 Å². The Morgan fingerprint density at radius 1 is 0.781 bits per heavy atom. The van der Waals surface area contributed by atoms with Gasteiger partial charge in [-0.2, -0.15) is 0 Å². The van der Waals surface area contributed by atoms with Crippen molar-refractivity contribution in [3.8, 4) is 10.8 Å². The number of nitrogens with zero attached hydrogens (tertiary/aromatic N) is 5. The first kappa shape index (κ1) is 50.5. The molecule has 19 heteroatoms. The third-order valence-electron chi connectivity index (χ3n) is 10.2. The molecule has 0 saturated carbocycles. The highest BCUT2D eigenvalue weighted by atomic mass is 35.5. The van der Waals surface area contributed by atoms with Gasteiger partial charge in [0.25, 0.3) is 0 Å². The summed E-state index contributed by atoms with van der Waals surface area (Å²) < 4.78 is 35.8. The van der Waals surface area contributed by atoms with Crippen molar-refractivity contribution in [2.45, 2.75) is 46.1 Å². The summed E-state index contributed by atoms with van der Waals surface area (Å²) in [5.41, 5.74) is 4.50. The fourth-order valence-corrected chi connectivity index (χ4v) is 8.09. The smallest absolute Gasteiger partial charge is 0.404 e. The van der Waals surface area contributed by atoms with E-state index in [2.05, 4.69) is 44.9 Å². The van der Waals surface area contributed by atoms with Crippen molar-refractivity contribution < 1.29 is 43.1 Å². The van der Waals surface area contributed by atoms with E-state index in [1.54, 1.807) is 23.5 Å². The Morgan fingerprint density at radius 2 is 1.38 bits per heavy atom. The molecule has 1 atom stereocenters. The van der Waals surface area contributed by atoms with Crippen LogP contribution >= 0.6 is 22.9 Å². The van der Waals surface area contributed by atoms with Crippen LogP contribution in [0.3, 0.4) is 0 Å². The van der Waals surface area contributed by atoms with E-state index in [1.165, 1.54) is 4.88 Å². The molecule has 2 amide bonds. The summed E-state index contributed by atoms with van der Waals surface area (Å²) in [6.07, 6.45) is 0.912. The monoisotopic (exact) mass is 926 g/mol. The lowest BCUT2D eigenvalue weighted by molar-refractivity contribution is -0.116. The molecule has 0 bridgehead atoms. The highest BCUT2D eigenvalue weighted by Gasteiger charge is 2.32. The fourth-order valence-electron chi connectivity index (χ4n) is 6.75. The molecule has 3 heterocycles. The van der Waals surface area contributed by atoms with E-state index in [9.17, 15) is 9.59 Å². The molecule has 0 aliphatic carbocycles. The van der Waals surface area contributed by atoms with Gasteiger partial charge in [0.2, 0.25) is 5.91 Å². The minimum absolute atomic E-state index is 0.0717. The fraction of sp³-hybridized carbons (Fsp3) is 0.533. The summed E-state index contributed by atoms with van der Waals surface area (Å²) in [6, 6.07) is 14.3. The molecule has 0 unspecified atom stereocenters. The van der Waals surface area contributed by atoms with Crippen molar-refractivity contribution in [1.82, 2.24) is 30.3 Å². The molecule has 0 saturated heterocycles. The molecule has 64 heavy (non-hydrogen) atoms. The Morgan fingerprint density at radius 3 is 2.00 bits per heavy atom. The average Bonchev–Trinajstić information content (AvgIpc) is 3.76. The average molecular weight is 928 g/mol. The van der Waals surface area contributed by atoms with Gasteiger partial charge in [0.1, 0.15) is 29.2 Å². The van der Waals surface area contributed by atoms with Crippen molar-refractivity contribution in [1.29, 1.82) is 0 Å². The molecule has 2 aromatic heterocycles. The van der Waals surface area contributed by atoms with Crippen LogP contribution in [0.1, 0.15) is 58.5 Å². The number of aliphatic imine (C=N–C) groups is 1. The molecule has 0 fully saturated rings. The molecule has 350 valence electrons. The van der Waals surface area contributed by atoms with Gasteiger partial charge in [-0.15, -0.1) is 21.5 Å². The van der Waals surface area contributed by atoms with E-state index in [0.29, 0.717) is 102 Å². The van der Waals surface area contributed by atoms with Crippen LogP contribution < -0.4 is 20.7 Å². The third-order valence-corrected chi connectivity index (χ3v) is 11.6. The zero-order chi connectivity index (χ0) is 45.5. The third kappa shape index (κ3) is 16.8. The quantitative estimate of drug-likeness (QED) is 0.0440. The molecule has 0 radical (unpaired) electrons. The number of ether oxygens (including phenoxy) is 6. The zero-order valence-corrected chi connectivity index (χ0v) is 38.9. The minimum Gasteiger partial charge on any atom is -0.491 e. The number of aromatic nitrogens is 3. The van der Waals surface area contributed by atoms with Crippen molar-refractivity contribution in [2.75, 3.05) is 118 Å². The van der Waals surface area contributed by atoms with E-state index in [-0.39, 0.29) is 12.3 Å². The predicted octanol–water partition coefficient (Wildman–Crippen LogP) is 5.86. The van der Waals surface area contributed by atoms with Crippen LogP contribution in [-0.4, -0.2) is 155 Å². The van der Waals surface area contributed by atoms with Crippen LogP contribution in [0.4, 0.5) is 10.5 Å². The van der Waals surface area contributed by atoms with Crippen molar-refractivity contribution in [3.63, 3.8) is 0 Å². The molecule has 4 N–H and O–H groups in total. The number of nitrogens with one attached hydrogen (secondary N) is 3. The lowest BCUT2D eigenvalue weighted by atomic mass is 9.99. The maximum absolute atomic E-state index is 13.5. The lowest BCUT2D eigenvalue weighted by Gasteiger charge is -2.16. The van der Waals surface area contributed by atoms with E-state index in [1.807, 2.05) is 54.9 Å². The lowest BCUT2D eigenvalue weighted by Crippen LogP contribution is -2.29. The molecule has 2 aromatic carbocycles. The summed E-state index contributed by atoms with van der Waals surface area (Å²) in [6.45, 7) is 15.4. The summed E-state index contributed by atoms with van der Waals surface area (Å²) in [5.74, 6) is 1.82. The Hall–Kier alpha value is -4.50. The number of halogens is 1. The number of aryl methyl sites for hydroxylation is 2. The zero-order valence-electron chi connectivity index (χ0n) is 37.4. The number of fused-ring (bicyclic) bond motifs is 3. The highest BCUT2D eigenvalue weighted by molar-refractivity contribution is 7.15. The predicted molar refractivity (Wildman–Crippen MR) is 248 cm³/mol. The second kappa shape index (κ2) is 27.7. The van der Waals surface area contributed by atoms with Gasteiger partial charge in [0, 0.05) is 39.8 Å². The first-order chi connectivity index (χ1) is 31.1. The van der Waals surface area contributed by atoms with Gasteiger partial charge in [-0.1, -0.05) is 23.7 Å². The topological polar surface area (TPSA) is 192 Å². The van der Waals surface area contributed by atoms with E-state index < -0.39 is 12.1 Å². The van der Waals surface area contributed by atoms with Gasteiger partial charge in [-0.3, -0.25) is 14.4 Å². The number of hydrogen-bond acceptors (Lipinski definition) is 14. The first-order valence-corrected chi connectivity index (χ1v) is 22.9. The number of carbonyl (C=O) groups is 2. The Balaban J connectivity index is 0.864. The maximum Gasteiger partial charge on any atom is 0.404 e. The largest absolute Gasteiger partial charge is 0.491 e. The molecular formula is C45H63ClN8O9S. The van der Waals surface area contributed by atoms with Gasteiger partial charge in [0.15, 0.2) is 5.82 Å². The molecular weight excluding hydrogens is 864 g/mol. The van der Waals surface area contributed by atoms with E-state index in [0.717, 1.165) is 72.2 Å². The molecule has 1 aliphatic heterocycles. The van der Waals surface area contributed by atoms with Crippen molar-refractivity contribution in [2.24, 2.45) is 4.99 Å². The van der Waals surface area contributed by atoms with E-state index >= 15 is 0 Å². The van der Waals surface area contributed by atoms with Crippen LogP contribution in [0, 0.1) is 20.8 Å². The van der Waals surface area contributed by atoms with Crippen LogP contribution in [-0.2, 0) is 28.5 Å². The van der Waals surface area contributed by atoms with Gasteiger partial charge in [-0.25, -0.2) is 4.79 Å². The standard InChI is InChI=1S/C45H63ClN8O9S/c1-32-33(2)64-44-41(32)42(35-7-9-36(46)10-8-35)50-39(43-52-51-34(3)54(43)44)31-40(55)49-37-11-13-38(14-12-37)63-30-29-62-28-27-61-26-25-60-24-23-59-22-21-58-20-17-47-15-5-18-53(4)19-6-16-48-45(56)57/h7-14,39,47-48H,5-6,15-31H2,1-4H3,(H,49,55)(H,56,57)/t39-/m0/s1. The molecule has 4 aromatic rings. The second-order valence-electron chi connectivity index (χ2n) is 15.1. The number of carbonyl (C=O) groups excluding carboxylic acids is 1. The molecule has 0 spiro atoms. The summed E-state index contributed by atoms with van der Waals surface area (Å²) in [7, 11) is 2.04. The second-order valence-corrected chi connectivity index (χ2v) is 16.7. The van der Waals surface area contributed by atoms with Crippen LogP contribution in [0.5, 0.6) is 5.75 Å². The molecule has 5 rings (SSSR count). The Bertz CT molecular complexity index is 2050. The van der Waals surface area contributed by atoms with Gasteiger partial charge in [-0.05, 0) is 102 Å². The van der Waals surface area contributed by atoms with Gasteiger partial charge >= 0.3 is 6.09 Å². The molecule has 1 aliphatic rings. The van der Waals surface area contributed by atoms with Crippen LogP contribution in [0.25, 0.3) is 5.00 Å². The van der Waals surface area contributed by atoms with E-state index in [4.69, 9.17) is 50.1 Å². The van der Waals surface area contributed by atoms with Crippen LogP contribution in [0.2, 0.25) is 5.02 Å². The summed E-state index contributed by atoms with van der Waals surface area (Å²) in [4.78, 5) is 32.5. The number of hydrogen-bond donors (Lipinski definition) is 4. The highest BCUT2D eigenvalue weighted by Crippen LogP contribution is 2.39. The number of benzene rings is 2. The summed E-state index contributed by atoms with van der Waals surface area (Å²) >= 11 is 7.91. The number of carboxylic acid groups (broad SMARTS) is 1. The maximum atomic E-state index is 13.5. The number of thiophene rings is 1. The number of amides is 2. The normalized spacial score (nSPS) is 13.3. The molecule has 17 nitrogen and oxygen atoms in total. The number of anilines is 1. The van der Waals surface area contributed by atoms with Gasteiger partial charge in [0.05, 0.1) is 78.2 Å². The minimum atomic E-state index is -0.976. The van der Waals surface area contributed by atoms with Gasteiger partial charge < -0.3 is 54.4 Å². The Labute approximate surface area is 384 Å². The number of rotatable bonds is 31. The first-order valence-electron chi connectivity index (χ1n) is 21.7. The van der Waals surface area contributed by atoms with Crippen LogP contribution in [0.15, 0.2) is 53.5 Å². The summed E-state index contributed by atoms with van der Waals surface area (Å²) in [5, 5.41) is 27.9.